The summed E-state index contributed by atoms with van der Waals surface area (Å²) in [5, 5.41) is 0. The summed E-state index contributed by atoms with van der Waals surface area (Å²) in [6.07, 6.45) is 8.34. The molecular formula is C16H23N. The average Bonchev–Trinajstić information content (AvgIpc) is 2.39. The van der Waals surface area contributed by atoms with Gasteiger partial charge in [0.15, 0.2) is 0 Å². The lowest BCUT2D eigenvalue weighted by Gasteiger charge is -2.43. The quantitative estimate of drug-likeness (QED) is 0.780. The molecule has 2 fully saturated rings. The van der Waals surface area contributed by atoms with E-state index in [1.807, 2.05) is 0 Å². The van der Waals surface area contributed by atoms with Crippen LogP contribution in [-0.4, -0.2) is 6.04 Å². The Morgan fingerprint density at radius 1 is 0.882 bits per heavy atom. The van der Waals surface area contributed by atoms with E-state index >= 15 is 0 Å². The molecular weight excluding hydrogens is 206 g/mol. The van der Waals surface area contributed by atoms with Crippen LogP contribution in [0.4, 0.5) is 0 Å². The second kappa shape index (κ2) is 4.81. The van der Waals surface area contributed by atoms with Crippen LogP contribution in [0.1, 0.15) is 50.0 Å². The van der Waals surface area contributed by atoms with E-state index in [0.717, 1.165) is 11.8 Å². The standard InChI is InChI=1S/C16H23N/c17-16-11-14-9-5-4-8-13(14)10-15(16)12-6-2-1-3-7-12/h1-3,6-7,13-16H,4-5,8-11,17H2. The zero-order valence-corrected chi connectivity index (χ0v) is 10.5. The topological polar surface area (TPSA) is 26.0 Å². The number of benzene rings is 1. The van der Waals surface area contributed by atoms with Crippen molar-refractivity contribution in [3.63, 3.8) is 0 Å². The van der Waals surface area contributed by atoms with E-state index in [4.69, 9.17) is 5.73 Å². The van der Waals surface area contributed by atoms with Crippen molar-refractivity contribution in [1.82, 2.24) is 0 Å². The van der Waals surface area contributed by atoms with Gasteiger partial charge in [-0.05, 0) is 36.2 Å². The zero-order chi connectivity index (χ0) is 11.7. The Balaban J connectivity index is 1.78. The van der Waals surface area contributed by atoms with Crippen LogP contribution < -0.4 is 5.73 Å². The first kappa shape index (κ1) is 11.3. The van der Waals surface area contributed by atoms with Crippen LogP contribution >= 0.6 is 0 Å². The molecule has 2 aliphatic rings. The molecule has 0 spiro atoms. The maximum absolute atomic E-state index is 6.42. The van der Waals surface area contributed by atoms with E-state index < -0.39 is 0 Å². The normalized spacial score (nSPS) is 37.5. The van der Waals surface area contributed by atoms with Crippen LogP contribution in [0.3, 0.4) is 0 Å². The first-order valence-corrected chi connectivity index (χ1v) is 7.15. The van der Waals surface area contributed by atoms with E-state index in [1.165, 1.54) is 44.1 Å². The zero-order valence-electron chi connectivity index (χ0n) is 10.5. The number of hydrogen-bond donors (Lipinski definition) is 1. The molecule has 2 saturated carbocycles. The molecule has 1 aromatic rings. The summed E-state index contributed by atoms with van der Waals surface area (Å²) < 4.78 is 0. The van der Waals surface area contributed by atoms with Crippen molar-refractivity contribution in [3.8, 4) is 0 Å². The number of fused-ring (bicyclic) bond motifs is 1. The van der Waals surface area contributed by atoms with Crippen LogP contribution in [0.2, 0.25) is 0 Å². The summed E-state index contributed by atoms with van der Waals surface area (Å²) in [4.78, 5) is 0. The molecule has 1 aromatic carbocycles. The lowest BCUT2D eigenvalue weighted by Crippen LogP contribution is -2.40. The Labute approximate surface area is 104 Å². The second-order valence-electron chi connectivity index (χ2n) is 5.96. The SMILES string of the molecule is NC1CC2CCCCC2CC1c1ccccc1. The fourth-order valence-electron chi connectivity index (χ4n) is 4.00. The minimum absolute atomic E-state index is 0.386. The van der Waals surface area contributed by atoms with E-state index in [1.54, 1.807) is 0 Å². The Morgan fingerprint density at radius 2 is 1.53 bits per heavy atom. The minimum Gasteiger partial charge on any atom is -0.327 e. The molecule has 0 radical (unpaired) electrons. The molecule has 1 nitrogen and oxygen atoms in total. The Hall–Kier alpha value is -0.820. The van der Waals surface area contributed by atoms with Crippen LogP contribution in [0, 0.1) is 11.8 Å². The van der Waals surface area contributed by atoms with Gasteiger partial charge in [0.2, 0.25) is 0 Å². The summed E-state index contributed by atoms with van der Waals surface area (Å²) in [7, 11) is 0. The molecule has 0 aliphatic heterocycles. The van der Waals surface area contributed by atoms with Crippen LogP contribution in [0.5, 0.6) is 0 Å². The maximum atomic E-state index is 6.42. The third kappa shape index (κ3) is 2.26. The van der Waals surface area contributed by atoms with Crippen molar-refractivity contribution in [2.45, 2.75) is 50.5 Å². The summed E-state index contributed by atoms with van der Waals surface area (Å²) in [6, 6.07) is 11.3. The highest BCUT2D eigenvalue weighted by Gasteiger charge is 2.36. The van der Waals surface area contributed by atoms with Gasteiger partial charge in [-0.15, -0.1) is 0 Å². The lowest BCUT2D eigenvalue weighted by atomic mass is 9.64. The Kier molecular flexibility index (Phi) is 3.19. The van der Waals surface area contributed by atoms with Crippen molar-refractivity contribution in [2.24, 2.45) is 17.6 Å². The minimum atomic E-state index is 0.386. The molecule has 4 atom stereocenters. The third-order valence-corrected chi connectivity index (χ3v) is 4.94. The highest BCUT2D eigenvalue weighted by atomic mass is 14.7. The smallest absolute Gasteiger partial charge is 0.0111 e. The van der Waals surface area contributed by atoms with Gasteiger partial charge < -0.3 is 5.73 Å². The van der Waals surface area contributed by atoms with Crippen LogP contribution in [0.25, 0.3) is 0 Å². The first-order valence-electron chi connectivity index (χ1n) is 7.15. The van der Waals surface area contributed by atoms with Gasteiger partial charge in [0.05, 0.1) is 0 Å². The maximum Gasteiger partial charge on any atom is 0.0111 e. The van der Waals surface area contributed by atoms with E-state index in [0.29, 0.717) is 12.0 Å². The number of nitrogens with two attached hydrogens (primary N) is 1. The molecule has 0 heterocycles. The van der Waals surface area contributed by atoms with Crippen molar-refractivity contribution in [1.29, 1.82) is 0 Å². The van der Waals surface area contributed by atoms with Crippen molar-refractivity contribution < 1.29 is 0 Å². The van der Waals surface area contributed by atoms with Crippen molar-refractivity contribution in [2.75, 3.05) is 0 Å². The third-order valence-electron chi connectivity index (χ3n) is 4.94. The Morgan fingerprint density at radius 3 is 2.24 bits per heavy atom. The predicted octanol–water partition coefficient (Wildman–Crippen LogP) is 3.70. The summed E-state index contributed by atoms with van der Waals surface area (Å²) in [6.45, 7) is 0. The first-order chi connectivity index (χ1) is 8.34. The molecule has 17 heavy (non-hydrogen) atoms. The fraction of sp³-hybridized carbons (Fsp3) is 0.625. The highest BCUT2D eigenvalue weighted by molar-refractivity contribution is 5.22. The van der Waals surface area contributed by atoms with E-state index in [9.17, 15) is 0 Å². The monoisotopic (exact) mass is 229 g/mol. The summed E-state index contributed by atoms with van der Waals surface area (Å²) >= 11 is 0. The van der Waals surface area contributed by atoms with Gasteiger partial charge in [-0.2, -0.15) is 0 Å². The van der Waals surface area contributed by atoms with E-state index in [-0.39, 0.29) is 0 Å². The highest BCUT2D eigenvalue weighted by Crippen LogP contribution is 2.45. The van der Waals surface area contributed by atoms with E-state index in [2.05, 4.69) is 30.3 Å². The van der Waals surface area contributed by atoms with Gasteiger partial charge in [-0.25, -0.2) is 0 Å². The van der Waals surface area contributed by atoms with Gasteiger partial charge >= 0.3 is 0 Å². The lowest BCUT2D eigenvalue weighted by molar-refractivity contribution is 0.139. The summed E-state index contributed by atoms with van der Waals surface area (Å²) in [5.74, 6) is 2.49. The molecule has 0 saturated heterocycles. The molecule has 2 N–H and O–H groups in total. The van der Waals surface area contributed by atoms with Gasteiger partial charge in [0.1, 0.15) is 0 Å². The molecule has 4 unspecified atom stereocenters. The molecule has 2 aliphatic carbocycles. The molecule has 0 bridgehead atoms. The van der Waals surface area contributed by atoms with Crippen LogP contribution in [-0.2, 0) is 0 Å². The molecule has 92 valence electrons. The van der Waals surface area contributed by atoms with Gasteiger partial charge in [0.25, 0.3) is 0 Å². The number of hydrogen-bond acceptors (Lipinski definition) is 1. The average molecular weight is 229 g/mol. The van der Waals surface area contributed by atoms with Gasteiger partial charge in [-0.1, -0.05) is 56.0 Å². The Bertz CT molecular complexity index is 359. The molecule has 3 rings (SSSR count). The fourth-order valence-corrected chi connectivity index (χ4v) is 4.00. The summed E-state index contributed by atoms with van der Waals surface area (Å²) in [5.41, 5.74) is 7.88. The van der Waals surface area contributed by atoms with Crippen molar-refractivity contribution >= 4 is 0 Å². The van der Waals surface area contributed by atoms with Gasteiger partial charge in [-0.3, -0.25) is 0 Å². The van der Waals surface area contributed by atoms with Crippen LogP contribution in [0.15, 0.2) is 30.3 Å². The number of rotatable bonds is 1. The molecule has 0 aromatic heterocycles. The van der Waals surface area contributed by atoms with Crippen molar-refractivity contribution in [3.05, 3.63) is 35.9 Å². The second-order valence-corrected chi connectivity index (χ2v) is 5.96. The molecule has 0 amide bonds. The largest absolute Gasteiger partial charge is 0.327 e. The van der Waals surface area contributed by atoms with Gasteiger partial charge in [0, 0.05) is 6.04 Å². The molecule has 1 heteroatoms. The predicted molar refractivity (Wildman–Crippen MR) is 71.8 cm³/mol.